The molecule has 5 fully saturated rings. The van der Waals surface area contributed by atoms with Gasteiger partial charge in [-0.15, -0.1) is 0 Å². The molecule has 5 aliphatic rings. The number of amides is 2. The van der Waals surface area contributed by atoms with E-state index in [-0.39, 0.29) is 17.9 Å². The molecule has 49 heavy (non-hydrogen) atoms. The maximum absolute atomic E-state index is 14.0. The largest absolute Gasteiger partial charge is 0.394 e. The molecule has 0 radical (unpaired) electrons. The number of carbonyl (C=O) groups excluding carboxylic acids is 2. The van der Waals surface area contributed by atoms with Gasteiger partial charge in [-0.25, -0.2) is 0 Å². The SMILES string of the molecule is CO[C@]1(C(=O)N[C@@H]2CC[C@@]3(C)[C@@H](CC[C@@H]4[C@@H]3CC[C@]3(C)[C@@H]([C@H](C)CCCC(C)C)CC[C@@H]43)C2)C[C@H](O)[C@@H](NC(C)=O)[C@H]([C@H](O)[C@H](O)CO)O1. The van der Waals surface area contributed by atoms with E-state index < -0.39 is 54.7 Å². The van der Waals surface area contributed by atoms with Crippen LogP contribution in [0.1, 0.15) is 125 Å². The molecular formula is C39H68N2O8. The lowest BCUT2D eigenvalue weighted by molar-refractivity contribution is -0.296. The van der Waals surface area contributed by atoms with E-state index in [2.05, 4.69) is 45.3 Å². The maximum atomic E-state index is 14.0. The number of nitrogens with one attached hydrogen (secondary N) is 2. The number of carbonyl (C=O) groups is 2. The molecule has 0 spiro atoms. The minimum atomic E-state index is -1.94. The molecule has 0 bridgehead atoms. The molecular weight excluding hydrogens is 624 g/mol. The van der Waals surface area contributed by atoms with Gasteiger partial charge in [0.15, 0.2) is 0 Å². The van der Waals surface area contributed by atoms with Gasteiger partial charge in [0.25, 0.3) is 11.7 Å². The average Bonchev–Trinajstić information content (AvgIpc) is 3.42. The van der Waals surface area contributed by atoms with Crippen LogP contribution in [0.4, 0.5) is 0 Å². The minimum absolute atomic E-state index is 0.0780. The zero-order valence-corrected chi connectivity index (χ0v) is 31.3. The van der Waals surface area contributed by atoms with Gasteiger partial charge in [-0.2, -0.15) is 0 Å². The van der Waals surface area contributed by atoms with Gasteiger partial charge in [-0.1, -0.05) is 53.9 Å². The second kappa shape index (κ2) is 15.4. The van der Waals surface area contributed by atoms with Gasteiger partial charge in [0.2, 0.25) is 5.91 Å². The fraction of sp³-hybridized carbons (Fsp3) is 0.949. The molecule has 2 amide bonds. The monoisotopic (exact) mass is 692 g/mol. The summed E-state index contributed by atoms with van der Waals surface area (Å²) in [5.41, 5.74) is 0.716. The smallest absolute Gasteiger partial charge is 0.280 e. The summed E-state index contributed by atoms with van der Waals surface area (Å²) in [7, 11) is 1.31. The molecule has 0 aromatic carbocycles. The summed E-state index contributed by atoms with van der Waals surface area (Å²) in [6.07, 6.45) is 8.44. The van der Waals surface area contributed by atoms with Crippen LogP contribution in [0.3, 0.4) is 0 Å². The molecule has 1 heterocycles. The van der Waals surface area contributed by atoms with Crippen molar-refractivity contribution in [3.8, 4) is 0 Å². The van der Waals surface area contributed by atoms with Gasteiger partial charge < -0.3 is 40.5 Å². The Morgan fingerprint density at radius 3 is 2.29 bits per heavy atom. The first-order valence-electron chi connectivity index (χ1n) is 19.6. The summed E-state index contributed by atoms with van der Waals surface area (Å²) in [4.78, 5) is 25.9. The van der Waals surface area contributed by atoms with Gasteiger partial charge in [0.05, 0.1) is 18.8 Å². The fourth-order valence-corrected chi connectivity index (χ4v) is 12.1. The predicted octanol–water partition coefficient (Wildman–Crippen LogP) is 4.30. The summed E-state index contributed by atoms with van der Waals surface area (Å²) in [6.45, 7) is 12.9. The zero-order valence-electron chi connectivity index (χ0n) is 31.3. The maximum Gasteiger partial charge on any atom is 0.280 e. The van der Waals surface area contributed by atoms with Crippen molar-refractivity contribution in [1.82, 2.24) is 10.6 Å². The first kappa shape index (κ1) is 38.9. The van der Waals surface area contributed by atoms with Crippen LogP contribution in [0.15, 0.2) is 0 Å². The van der Waals surface area contributed by atoms with Crippen LogP contribution in [-0.4, -0.2) is 88.2 Å². The number of rotatable bonds is 12. The number of aliphatic hydroxyl groups excluding tert-OH is 4. The molecule has 1 saturated heterocycles. The molecule has 10 heteroatoms. The van der Waals surface area contributed by atoms with Crippen LogP contribution in [-0.2, 0) is 19.1 Å². The summed E-state index contributed by atoms with van der Waals surface area (Å²) in [6, 6.07) is -1.19. The van der Waals surface area contributed by atoms with Crippen molar-refractivity contribution in [2.75, 3.05) is 13.7 Å². The lowest BCUT2D eigenvalue weighted by atomic mass is 9.44. The Balaban J connectivity index is 1.24. The van der Waals surface area contributed by atoms with Crippen molar-refractivity contribution in [1.29, 1.82) is 0 Å². The number of hydrogen-bond acceptors (Lipinski definition) is 8. The van der Waals surface area contributed by atoms with E-state index >= 15 is 0 Å². The summed E-state index contributed by atoms with van der Waals surface area (Å²) < 4.78 is 11.7. The Bertz CT molecular complexity index is 1150. The average molecular weight is 693 g/mol. The Labute approximate surface area is 294 Å². The lowest BCUT2D eigenvalue weighted by Crippen LogP contribution is -2.69. The number of methoxy groups -OCH3 is 1. The van der Waals surface area contributed by atoms with Gasteiger partial charge in [-0.05, 0) is 110 Å². The lowest BCUT2D eigenvalue weighted by Gasteiger charge is -2.61. The van der Waals surface area contributed by atoms with Crippen molar-refractivity contribution in [2.45, 2.75) is 167 Å². The summed E-state index contributed by atoms with van der Waals surface area (Å²) in [5, 5.41) is 47.3. The van der Waals surface area contributed by atoms with Crippen LogP contribution in [0.2, 0.25) is 0 Å². The van der Waals surface area contributed by atoms with Crippen LogP contribution < -0.4 is 10.6 Å². The predicted molar refractivity (Wildman–Crippen MR) is 187 cm³/mol. The zero-order chi connectivity index (χ0) is 35.9. The van der Waals surface area contributed by atoms with Crippen LogP contribution >= 0.6 is 0 Å². The molecule has 4 saturated carbocycles. The van der Waals surface area contributed by atoms with Crippen molar-refractivity contribution >= 4 is 11.8 Å². The number of fused-ring (bicyclic) bond motifs is 5. The van der Waals surface area contributed by atoms with Gasteiger partial charge >= 0.3 is 0 Å². The third kappa shape index (κ3) is 7.48. The molecule has 4 aliphatic carbocycles. The molecule has 0 aromatic rings. The van der Waals surface area contributed by atoms with Crippen LogP contribution in [0.25, 0.3) is 0 Å². The van der Waals surface area contributed by atoms with E-state index in [0.717, 1.165) is 54.8 Å². The quantitative estimate of drug-likeness (QED) is 0.177. The fourth-order valence-electron chi connectivity index (χ4n) is 12.1. The Hall–Kier alpha value is -1.30. The highest BCUT2D eigenvalue weighted by molar-refractivity contribution is 5.84. The second-order valence-electron chi connectivity index (χ2n) is 17.9. The molecule has 0 unspecified atom stereocenters. The standard InChI is InChI=1S/C39H68N2O8/c1-22(2)9-8-10-23(3)28-13-14-29-27-12-11-25-19-26(15-17-37(25,5)30(27)16-18-38(28,29)6)41-36(47)39(48-7)20-31(44)33(40-24(4)43)35(49-39)34(46)32(45)21-42/h22-23,25-35,42,44-46H,8-21H2,1-7H3,(H,40,43)(H,41,47)/t23-,25+,26-,27+,28-,29+,30+,31+,32-,33-,34-,35-,37+,38-,39-/m1/s1. The van der Waals surface area contributed by atoms with Crippen molar-refractivity contribution in [3.05, 3.63) is 0 Å². The summed E-state index contributed by atoms with van der Waals surface area (Å²) >= 11 is 0. The van der Waals surface area contributed by atoms with Crippen LogP contribution in [0.5, 0.6) is 0 Å². The highest BCUT2D eigenvalue weighted by atomic mass is 16.7. The van der Waals surface area contributed by atoms with Gasteiger partial charge in [-0.3, -0.25) is 9.59 Å². The highest BCUT2D eigenvalue weighted by Gasteiger charge is 2.61. The van der Waals surface area contributed by atoms with E-state index in [1.165, 1.54) is 71.8 Å². The van der Waals surface area contributed by atoms with E-state index in [9.17, 15) is 30.0 Å². The molecule has 10 nitrogen and oxygen atoms in total. The second-order valence-corrected chi connectivity index (χ2v) is 17.9. The molecule has 15 atom stereocenters. The van der Waals surface area contributed by atoms with Crippen LogP contribution in [0, 0.1) is 52.3 Å². The third-order valence-corrected chi connectivity index (χ3v) is 14.7. The Kier molecular flexibility index (Phi) is 12.2. The van der Waals surface area contributed by atoms with Crippen molar-refractivity contribution < 1.29 is 39.5 Å². The van der Waals surface area contributed by atoms with E-state index in [4.69, 9.17) is 9.47 Å². The molecule has 282 valence electrons. The third-order valence-electron chi connectivity index (χ3n) is 14.7. The molecule has 1 aliphatic heterocycles. The molecule has 5 rings (SSSR count). The van der Waals surface area contributed by atoms with Crippen molar-refractivity contribution in [3.63, 3.8) is 0 Å². The van der Waals surface area contributed by atoms with E-state index in [1.54, 1.807) is 0 Å². The Morgan fingerprint density at radius 2 is 1.63 bits per heavy atom. The van der Waals surface area contributed by atoms with Gasteiger partial charge in [0.1, 0.15) is 18.3 Å². The normalized spacial score (nSPS) is 43.9. The Morgan fingerprint density at radius 1 is 0.939 bits per heavy atom. The van der Waals surface area contributed by atoms with E-state index in [1.807, 2.05) is 0 Å². The molecule has 0 aromatic heterocycles. The summed E-state index contributed by atoms with van der Waals surface area (Å²) in [5.74, 6) is 2.33. The number of aliphatic hydroxyl groups is 4. The highest BCUT2D eigenvalue weighted by Crippen LogP contribution is 2.68. The number of hydrogen-bond donors (Lipinski definition) is 6. The molecule has 6 N–H and O–H groups in total. The minimum Gasteiger partial charge on any atom is -0.394 e. The first-order chi connectivity index (χ1) is 23.1. The van der Waals surface area contributed by atoms with Gasteiger partial charge in [0, 0.05) is 26.5 Å². The number of ether oxygens (including phenoxy) is 2. The van der Waals surface area contributed by atoms with Crippen molar-refractivity contribution in [2.24, 2.45) is 52.3 Å². The first-order valence-corrected chi connectivity index (χ1v) is 19.6. The topological polar surface area (TPSA) is 158 Å². The van der Waals surface area contributed by atoms with E-state index in [0.29, 0.717) is 11.3 Å².